The fraction of sp³-hybridized carbons (Fsp3) is 0.273. The summed E-state index contributed by atoms with van der Waals surface area (Å²) in [5.74, 6) is -0.161. The lowest BCUT2D eigenvalue weighted by atomic mass is 10.1. The van der Waals surface area contributed by atoms with Gasteiger partial charge in [-0.1, -0.05) is 11.6 Å². The highest BCUT2D eigenvalue weighted by Crippen LogP contribution is 2.16. The number of benzene rings is 1. The van der Waals surface area contributed by atoms with E-state index in [1.807, 2.05) is 13.0 Å². The molecule has 0 aliphatic heterocycles. The largest absolute Gasteiger partial charge is 0.328 e. The molecule has 15 heavy (non-hydrogen) atoms. The monoisotopic (exact) mass is 222 g/mol. The van der Waals surface area contributed by atoms with Gasteiger partial charge in [-0.2, -0.15) is 5.26 Å². The molecule has 0 atom stereocenters. The molecule has 0 aromatic heterocycles. The summed E-state index contributed by atoms with van der Waals surface area (Å²) in [7, 11) is 1.60. The first-order chi connectivity index (χ1) is 7.06. The summed E-state index contributed by atoms with van der Waals surface area (Å²) < 4.78 is 0. The highest BCUT2D eigenvalue weighted by atomic mass is 35.5. The number of halogens is 1. The summed E-state index contributed by atoms with van der Waals surface area (Å²) in [5.41, 5.74) is 1.40. The van der Waals surface area contributed by atoms with Crippen LogP contribution in [0.25, 0.3) is 0 Å². The zero-order valence-corrected chi connectivity index (χ0v) is 9.38. The average Bonchev–Trinajstić information content (AvgIpc) is 2.17. The Hall–Kier alpha value is -1.53. The van der Waals surface area contributed by atoms with Crippen LogP contribution in [0, 0.1) is 18.3 Å². The summed E-state index contributed by atoms with van der Waals surface area (Å²) in [6.45, 7) is 1.90. The molecule has 1 aromatic rings. The molecule has 0 aliphatic carbocycles. The van der Waals surface area contributed by atoms with Crippen LogP contribution >= 0.6 is 11.6 Å². The van der Waals surface area contributed by atoms with E-state index >= 15 is 0 Å². The molecule has 0 heterocycles. The molecule has 0 unspecified atom stereocenters. The number of amides is 1. The molecule has 0 spiro atoms. The smallest absolute Gasteiger partial charge is 0.254 e. The first kappa shape index (κ1) is 11.5. The van der Waals surface area contributed by atoms with Gasteiger partial charge in [-0.25, -0.2) is 0 Å². The van der Waals surface area contributed by atoms with Crippen molar-refractivity contribution in [1.82, 2.24) is 4.90 Å². The Morgan fingerprint density at radius 3 is 2.80 bits per heavy atom. The normalized spacial score (nSPS) is 9.47. The van der Waals surface area contributed by atoms with E-state index in [1.165, 1.54) is 4.90 Å². The van der Waals surface area contributed by atoms with Crippen LogP contribution in [0.3, 0.4) is 0 Å². The molecular formula is C11H11ClN2O. The van der Waals surface area contributed by atoms with E-state index in [0.717, 1.165) is 5.56 Å². The van der Waals surface area contributed by atoms with Crippen LogP contribution in [0.4, 0.5) is 0 Å². The van der Waals surface area contributed by atoms with E-state index in [9.17, 15) is 4.79 Å². The van der Waals surface area contributed by atoms with Crippen molar-refractivity contribution in [3.05, 3.63) is 34.3 Å². The molecule has 3 nitrogen and oxygen atoms in total. The number of carbonyl (C=O) groups excluding carboxylic acids is 1. The predicted molar refractivity (Wildman–Crippen MR) is 58.8 cm³/mol. The van der Waals surface area contributed by atoms with Crippen molar-refractivity contribution >= 4 is 17.5 Å². The van der Waals surface area contributed by atoms with Crippen molar-refractivity contribution < 1.29 is 4.79 Å². The second kappa shape index (κ2) is 4.81. The number of rotatable bonds is 2. The van der Waals surface area contributed by atoms with Crippen LogP contribution in [0.15, 0.2) is 18.2 Å². The van der Waals surface area contributed by atoms with Crippen molar-refractivity contribution in [2.75, 3.05) is 13.6 Å². The zero-order chi connectivity index (χ0) is 11.4. The first-order valence-electron chi connectivity index (χ1n) is 4.45. The number of hydrogen-bond donors (Lipinski definition) is 0. The van der Waals surface area contributed by atoms with Crippen LogP contribution in [-0.4, -0.2) is 24.4 Å². The fourth-order valence-electron chi connectivity index (χ4n) is 1.25. The predicted octanol–water partition coefficient (Wildman–Crippen LogP) is 2.24. The molecule has 0 fully saturated rings. The molecule has 0 aliphatic rings. The third kappa shape index (κ3) is 2.71. The second-order valence-electron chi connectivity index (χ2n) is 3.28. The minimum atomic E-state index is -0.161. The topological polar surface area (TPSA) is 44.1 Å². The van der Waals surface area contributed by atoms with Gasteiger partial charge in [0, 0.05) is 17.6 Å². The summed E-state index contributed by atoms with van der Waals surface area (Å²) in [6, 6.07) is 7.00. The van der Waals surface area contributed by atoms with E-state index in [-0.39, 0.29) is 12.5 Å². The second-order valence-corrected chi connectivity index (χ2v) is 3.72. The molecule has 1 amide bonds. The van der Waals surface area contributed by atoms with Gasteiger partial charge >= 0.3 is 0 Å². The van der Waals surface area contributed by atoms with Gasteiger partial charge in [0.1, 0.15) is 6.54 Å². The number of aryl methyl sites for hydroxylation is 1. The van der Waals surface area contributed by atoms with E-state index in [1.54, 1.807) is 25.2 Å². The molecule has 4 heteroatoms. The van der Waals surface area contributed by atoms with Gasteiger partial charge in [0.05, 0.1) is 6.07 Å². The maximum Gasteiger partial charge on any atom is 0.254 e. The SMILES string of the molecule is Cc1cc(Cl)ccc1C(=O)N(C)CC#N. The van der Waals surface area contributed by atoms with Crippen LogP contribution < -0.4 is 0 Å². The van der Waals surface area contributed by atoms with Crippen molar-refractivity contribution in [2.45, 2.75) is 6.92 Å². The Kier molecular flexibility index (Phi) is 3.70. The van der Waals surface area contributed by atoms with Gasteiger partial charge in [-0.3, -0.25) is 4.79 Å². The quantitative estimate of drug-likeness (QED) is 0.721. The number of hydrogen-bond acceptors (Lipinski definition) is 2. The van der Waals surface area contributed by atoms with Crippen molar-refractivity contribution in [1.29, 1.82) is 5.26 Å². The fourth-order valence-corrected chi connectivity index (χ4v) is 1.48. The van der Waals surface area contributed by atoms with E-state index < -0.39 is 0 Å². The van der Waals surface area contributed by atoms with Crippen LogP contribution in [-0.2, 0) is 0 Å². The highest BCUT2D eigenvalue weighted by Gasteiger charge is 2.13. The third-order valence-corrected chi connectivity index (χ3v) is 2.31. The van der Waals surface area contributed by atoms with Gasteiger partial charge in [0.25, 0.3) is 5.91 Å². The minimum absolute atomic E-state index is 0.0842. The maximum atomic E-state index is 11.8. The molecule has 0 radical (unpaired) electrons. The molecule has 0 saturated heterocycles. The number of carbonyl (C=O) groups is 1. The lowest BCUT2D eigenvalue weighted by Crippen LogP contribution is -2.27. The Bertz CT molecular complexity index is 423. The summed E-state index contributed by atoms with van der Waals surface area (Å²) in [4.78, 5) is 13.2. The maximum absolute atomic E-state index is 11.8. The lowest BCUT2D eigenvalue weighted by Gasteiger charge is -2.14. The highest BCUT2D eigenvalue weighted by molar-refractivity contribution is 6.30. The van der Waals surface area contributed by atoms with E-state index in [0.29, 0.717) is 10.6 Å². The molecule has 1 aromatic carbocycles. The Morgan fingerprint density at radius 1 is 1.60 bits per heavy atom. The van der Waals surface area contributed by atoms with Crippen LogP contribution in [0.5, 0.6) is 0 Å². The molecule has 0 saturated carbocycles. The first-order valence-corrected chi connectivity index (χ1v) is 4.82. The van der Waals surface area contributed by atoms with Crippen LogP contribution in [0.2, 0.25) is 5.02 Å². The van der Waals surface area contributed by atoms with Gasteiger partial charge in [-0.15, -0.1) is 0 Å². The van der Waals surface area contributed by atoms with Gasteiger partial charge < -0.3 is 4.90 Å². The number of nitrogens with zero attached hydrogens (tertiary/aromatic N) is 2. The number of nitriles is 1. The summed E-state index contributed by atoms with van der Waals surface area (Å²) in [6.07, 6.45) is 0. The molecule has 1 rings (SSSR count). The summed E-state index contributed by atoms with van der Waals surface area (Å²) in [5, 5.41) is 9.08. The Balaban J connectivity index is 2.97. The van der Waals surface area contributed by atoms with E-state index in [4.69, 9.17) is 16.9 Å². The van der Waals surface area contributed by atoms with Crippen molar-refractivity contribution in [3.63, 3.8) is 0 Å². The molecule has 0 N–H and O–H groups in total. The Labute approximate surface area is 93.9 Å². The van der Waals surface area contributed by atoms with Crippen molar-refractivity contribution in [2.24, 2.45) is 0 Å². The average molecular weight is 223 g/mol. The summed E-state index contributed by atoms with van der Waals surface area (Å²) >= 11 is 5.79. The van der Waals surface area contributed by atoms with Crippen LogP contribution in [0.1, 0.15) is 15.9 Å². The van der Waals surface area contributed by atoms with Gasteiger partial charge in [0.2, 0.25) is 0 Å². The lowest BCUT2D eigenvalue weighted by molar-refractivity contribution is 0.0811. The molecule has 0 bridgehead atoms. The minimum Gasteiger partial charge on any atom is -0.328 e. The van der Waals surface area contributed by atoms with E-state index in [2.05, 4.69) is 0 Å². The Morgan fingerprint density at radius 2 is 2.27 bits per heavy atom. The van der Waals surface area contributed by atoms with Crippen molar-refractivity contribution in [3.8, 4) is 6.07 Å². The van der Waals surface area contributed by atoms with Gasteiger partial charge in [0.15, 0.2) is 0 Å². The zero-order valence-electron chi connectivity index (χ0n) is 8.62. The molecular weight excluding hydrogens is 212 g/mol. The van der Waals surface area contributed by atoms with Gasteiger partial charge in [-0.05, 0) is 30.7 Å². The molecule has 78 valence electrons. The standard InChI is InChI=1S/C11H11ClN2O/c1-8-7-9(12)3-4-10(8)11(15)14(2)6-5-13/h3-4,7H,6H2,1-2H3. The third-order valence-electron chi connectivity index (χ3n) is 2.07.